The Morgan fingerprint density at radius 3 is 2.80 bits per heavy atom. The first-order valence-corrected chi connectivity index (χ1v) is 12.2. The molecule has 4 N–H and O–H groups in total. The van der Waals surface area contributed by atoms with Gasteiger partial charge in [-0.25, -0.2) is 5.48 Å². The largest absolute Gasteiger partial charge is 0.364 e. The van der Waals surface area contributed by atoms with Crippen LogP contribution in [0.15, 0.2) is 60.9 Å². The van der Waals surface area contributed by atoms with Crippen molar-refractivity contribution in [3.05, 3.63) is 100 Å². The Kier molecular flexibility index (Phi) is 6.57. The number of nitrogens with one attached hydrogen (secondary N) is 3. The maximum Gasteiger partial charge on any atom is 0.267 e. The van der Waals surface area contributed by atoms with Crippen molar-refractivity contribution in [3.8, 4) is 0 Å². The third-order valence-electron chi connectivity index (χ3n) is 7.04. The highest BCUT2D eigenvalue weighted by molar-refractivity contribution is 5.90. The first-order chi connectivity index (χ1) is 17.0. The molecule has 0 aliphatic heterocycles. The summed E-state index contributed by atoms with van der Waals surface area (Å²) in [6.45, 7) is 6.08. The van der Waals surface area contributed by atoms with E-state index in [1.165, 1.54) is 50.5 Å². The average molecular weight is 469 g/mol. The van der Waals surface area contributed by atoms with Gasteiger partial charge in [0.25, 0.3) is 5.91 Å². The van der Waals surface area contributed by atoms with E-state index in [1.807, 2.05) is 0 Å². The summed E-state index contributed by atoms with van der Waals surface area (Å²) in [5.41, 5.74) is 11.6. The second-order valence-electron chi connectivity index (χ2n) is 9.61. The molecule has 1 aliphatic carbocycles. The fourth-order valence-electron chi connectivity index (χ4n) is 5.30. The van der Waals surface area contributed by atoms with E-state index in [4.69, 9.17) is 5.21 Å². The molecule has 1 unspecified atom stereocenters. The fraction of sp³-hybridized carbons (Fsp3) is 0.276. The molecule has 1 aliphatic rings. The number of hydroxylamine groups is 1. The number of rotatable bonds is 8. The molecule has 0 fully saturated rings. The topological polar surface area (TPSA) is 84.2 Å². The molecule has 1 atom stereocenters. The minimum absolute atomic E-state index is 0.347. The molecule has 0 bridgehead atoms. The van der Waals surface area contributed by atoms with E-state index in [0.29, 0.717) is 6.04 Å². The molecule has 6 heteroatoms. The lowest BCUT2D eigenvalue weighted by Crippen LogP contribution is -2.29. The molecule has 0 saturated heterocycles. The minimum Gasteiger partial charge on any atom is -0.364 e. The number of carbonyl (C=O) groups excluding carboxylic acids is 1. The molecule has 2 aromatic heterocycles. The molecular formula is C29H32N4O2. The van der Waals surface area contributed by atoms with Crippen molar-refractivity contribution in [2.75, 3.05) is 6.54 Å². The Morgan fingerprint density at radius 1 is 1.11 bits per heavy atom. The van der Waals surface area contributed by atoms with Crippen LogP contribution in [0, 0.1) is 13.8 Å². The number of carbonyl (C=O) groups is 1. The van der Waals surface area contributed by atoms with E-state index in [2.05, 4.69) is 83.6 Å². The summed E-state index contributed by atoms with van der Waals surface area (Å²) in [4.78, 5) is 20.8. The molecule has 35 heavy (non-hydrogen) atoms. The summed E-state index contributed by atoms with van der Waals surface area (Å²) < 4.78 is 0. The molecule has 2 aromatic carbocycles. The molecular weight excluding hydrogens is 436 g/mol. The van der Waals surface area contributed by atoms with E-state index in [0.717, 1.165) is 37.9 Å². The molecule has 2 heterocycles. The van der Waals surface area contributed by atoms with E-state index < -0.39 is 5.91 Å². The lowest BCUT2D eigenvalue weighted by atomic mass is 10.0. The van der Waals surface area contributed by atoms with Crippen molar-refractivity contribution >= 4 is 22.9 Å². The molecule has 5 rings (SSSR count). The number of nitrogens with zero attached hydrogens (tertiary/aromatic N) is 1. The normalized spacial score (nSPS) is 15.4. The number of hydrogen-bond acceptors (Lipinski definition) is 3. The van der Waals surface area contributed by atoms with Crippen molar-refractivity contribution in [2.45, 2.75) is 45.7 Å². The number of benzene rings is 2. The summed E-state index contributed by atoms with van der Waals surface area (Å²) in [6.07, 6.45) is 10.4. The Morgan fingerprint density at radius 2 is 2.00 bits per heavy atom. The van der Waals surface area contributed by atoms with Gasteiger partial charge < -0.3 is 9.97 Å². The van der Waals surface area contributed by atoms with Gasteiger partial charge in [0, 0.05) is 54.2 Å². The van der Waals surface area contributed by atoms with E-state index >= 15 is 0 Å². The zero-order valence-electron chi connectivity index (χ0n) is 20.3. The second kappa shape index (κ2) is 9.94. The highest BCUT2D eigenvalue weighted by Crippen LogP contribution is 2.37. The average Bonchev–Trinajstić information content (AvgIpc) is 3.58. The highest BCUT2D eigenvalue weighted by Gasteiger charge is 2.28. The predicted molar refractivity (Wildman–Crippen MR) is 139 cm³/mol. The summed E-state index contributed by atoms with van der Waals surface area (Å²) in [7, 11) is 0. The number of hydrogen-bond donors (Lipinski definition) is 4. The number of aromatic amines is 2. The van der Waals surface area contributed by atoms with E-state index in [-0.39, 0.29) is 0 Å². The van der Waals surface area contributed by atoms with Crippen LogP contribution in [-0.2, 0) is 24.2 Å². The summed E-state index contributed by atoms with van der Waals surface area (Å²) in [5, 5.41) is 10.0. The monoisotopic (exact) mass is 468 g/mol. The van der Waals surface area contributed by atoms with Crippen LogP contribution in [0.2, 0.25) is 0 Å². The second-order valence-corrected chi connectivity index (χ2v) is 9.61. The molecule has 6 nitrogen and oxygen atoms in total. The van der Waals surface area contributed by atoms with Crippen LogP contribution in [0.5, 0.6) is 0 Å². The number of H-pyrrole nitrogens is 2. The zero-order chi connectivity index (χ0) is 24.4. The Hall–Kier alpha value is -3.61. The number of aryl methyl sites for hydroxylation is 3. The summed E-state index contributed by atoms with van der Waals surface area (Å²) >= 11 is 0. The van der Waals surface area contributed by atoms with Gasteiger partial charge in [0.1, 0.15) is 0 Å². The van der Waals surface area contributed by atoms with Gasteiger partial charge in [-0.3, -0.25) is 14.9 Å². The van der Waals surface area contributed by atoms with E-state index in [9.17, 15) is 4.79 Å². The van der Waals surface area contributed by atoms with Crippen molar-refractivity contribution in [3.63, 3.8) is 0 Å². The van der Waals surface area contributed by atoms with Crippen LogP contribution < -0.4 is 5.48 Å². The van der Waals surface area contributed by atoms with Gasteiger partial charge in [-0.1, -0.05) is 30.3 Å². The molecule has 0 radical (unpaired) electrons. The van der Waals surface area contributed by atoms with Crippen LogP contribution in [0.3, 0.4) is 0 Å². The van der Waals surface area contributed by atoms with Gasteiger partial charge in [0.15, 0.2) is 0 Å². The lowest BCUT2D eigenvalue weighted by Gasteiger charge is -2.29. The Balaban J connectivity index is 1.38. The molecule has 180 valence electrons. The van der Waals surface area contributed by atoms with Crippen molar-refractivity contribution in [1.82, 2.24) is 20.3 Å². The third kappa shape index (κ3) is 5.09. The van der Waals surface area contributed by atoms with Crippen LogP contribution in [0.25, 0.3) is 17.0 Å². The van der Waals surface area contributed by atoms with Gasteiger partial charge in [-0.2, -0.15) is 0 Å². The quantitative estimate of drug-likeness (QED) is 0.159. The first-order valence-electron chi connectivity index (χ1n) is 12.2. The summed E-state index contributed by atoms with van der Waals surface area (Å²) in [6, 6.07) is 15.6. The Labute approximate surface area is 205 Å². The smallest absolute Gasteiger partial charge is 0.267 e. The lowest BCUT2D eigenvalue weighted by molar-refractivity contribution is -0.124. The highest BCUT2D eigenvalue weighted by atomic mass is 16.5. The van der Waals surface area contributed by atoms with Gasteiger partial charge in [-0.05, 0) is 84.7 Å². The predicted octanol–water partition coefficient (Wildman–Crippen LogP) is 5.36. The van der Waals surface area contributed by atoms with Crippen molar-refractivity contribution < 1.29 is 10.0 Å². The fourth-order valence-corrected chi connectivity index (χ4v) is 5.30. The van der Waals surface area contributed by atoms with Gasteiger partial charge in [0.2, 0.25) is 0 Å². The molecule has 0 spiro atoms. The number of fused-ring (bicyclic) bond motifs is 2. The Bertz CT molecular complexity index is 1380. The summed E-state index contributed by atoms with van der Waals surface area (Å²) in [5.74, 6) is -0.525. The number of aromatic nitrogens is 2. The van der Waals surface area contributed by atoms with Crippen LogP contribution in [0.4, 0.5) is 0 Å². The van der Waals surface area contributed by atoms with Gasteiger partial charge >= 0.3 is 0 Å². The number of amides is 1. The van der Waals surface area contributed by atoms with Crippen LogP contribution in [0.1, 0.15) is 51.5 Å². The SMILES string of the molecule is Cc1c[nH]c(CN(CCc2c[nH]c3cc(C)ccc23)C2CCc3cc(/C=C/C(=O)NO)ccc32)c1. The van der Waals surface area contributed by atoms with Crippen molar-refractivity contribution in [2.24, 2.45) is 0 Å². The van der Waals surface area contributed by atoms with Crippen LogP contribution in [-0.4, -0.2) is 32.5 Å². The standard InChI is InChI=1S/C29H32N4O2/c1-19-3-7-25-23(17-31-27(25)14-19)11-12-33(18-24-13-20(2)16-30-24)28-9-6-22-15-21(4-8-26(22)28)5-10-29(34)32-35/h3-5,7-8,10,13-17,28,30-31,35H,6,9,11-12,18H2,1-2H3,(H,32,34)/b10-5+. The molecule has 0 saturated carbocycles. The minimum atomic E-state index is -0.525. The maximum absolute atomic E-state index is 11.3. The third-order valence-corrected chi connectivity index (χ3v) is 7.04. The zero-order valence-corrected chi connectivity index (χ0v) is 20.3. The van der Waals surface area contributed by atoms with E-state index in [1.54, 1.807) is 11.6 Å². The van der Waals surface area contributed by atoms with Crippen molar-refractivity contribution in [1.29, 1.82) is 0 Å². The van der Waals surface area contributed by atoms with Crippen LogP contribution >= 0.6 is 0 Å². The molecule has 1 amide bonds. The maximum atomic E-state index is 11.3. The molecule has 4 aromatic rings. The van der Waals surface area contributed by atoms with Gasteiger partial charge in [-0.15, -0.1) is 0 Å². The first kappa shape index (κ1) is 23.1. The van der Waals surface area contributed by atoms with Gasteiger partial charge in [0.05, 0.1) is 0 Å².